The lowest BCUT2D eigenvalue weighted by molar-refractivity contribution is 0.0589. The van der Waals surface area contributed by atoms with Gasteiger partial charge in [-0.2, -0.15) is 5.10 Å². The topological polar surface area (TPSA) is 69.0 Å². The molecule has 1 aromatic heterocycles. The molecular formula is C26H35N3O4. The molecule has 3 aromatic rings. The van der Waals surface area contributed by atoms with Crippen molar-refractivity contribution in [1.29, 1.82) is 0 Å². The van der Waals surface area contributed by atoms with Crippen molar-refractivity contribution in [3.8, 4) is 28.6 Å². The minimum absolute atomic E-state index is 0.160. The Labute approximate surface area is 196 Å². The second-order valence-corrected chi connectivity index (χ2v) is 8.44. The summed E-state index contributed by atoms with van der Waals surface area (Å²) in [6.45, 7) is 6.41. The number of aryl methyl sites for hydroxylation is 1. The molecule has 0 spiro atoms. The first-order valence-corrected chi connectivity index (χ1v) is 11.3. The zero-order valence-electron chi connectivity index (χ0n) is 20.2. The molecule has 0 bridgehead atoms. The van der Waals surface area contributed by atoms with Gasteiger partial charge < -0.3 is 19.3 Å². The van der Waals surface area contributed by atoms with Crippen LogP contribution in [0.1, 0.15) is 19.4 Å². The number of rotatable bonds is 12. The van der Waals surface area contributed by atoms with Crippen LogP contribution in [0.2, 0.25) is 0 Å². The van der Waals surface area contributed by atoms with Gasteiger partial charge in [0.15, 0.2) is 0 Å². The van der Waals surface area contributed by atoms with Gasteiger partial charge in [-0.25, -0.2) is 4.68 Å². The molecule has 0 aliphatic rings. The molecule has 0 radical (unpaired) electrons. The van der Waals surface area contributed by atoms with E-state index in [-0.39, 0.29) is 5.92 Å². The quantitative estimate of drug-likeness (QED) is 0.440. The van der Waals surface area contributed by atoms with Crippen LogP contribution in [0.5, 0.6) is 17.4 Å². The highest BCUT2D eigenvalue weighted by Gasteiger charge is 2.24. The Kier molecular flexibility index (Phi) is 8.88. The van der Waals surface area contributed by atoms with Crippen LogP contribution in [-0.2, 0) is 18.3 Å². The molecule has 0 saturated carbocycles. The summed E-state index contributed by atoms with van der Waals surface area (Å²) in [5.74, 6) is 2.30. The van der Waals surface area contributed by atoms with Gasteiger partial charge in [0.05, 0.1) is 25.4 Å². The highest BCUT2D eigenvalue weighted by molar-refractivity contribution is 5.65. The van der Waals surface area contributed by atoms with Crippen LogP contribution >= 0.6 is 0 Å². The highest BCUT2D eigenvalue weighted by atomic mass is 16.5. The van der Waals surface area contributed by atoms with Crippen molar-refractivity contribution >= 4 is 0 Å². The Balaban J connectivity index is 1.99. The fraction of sp³-hybridized carbons (Fsp3) is 0.423. The van der Waals surface area contributed by atoms with E-state index in [0.29, 0.717) is 37.9 Å². The number of nitrogens with zero attached hydrogens (tertiary/aromatic N) is 3. The molecule has 0 unspecified atom stereocenters. The van der Waals surface area contributed by atoms with Crippen LogP contribution in [0.15, 0.2) is 54.6 Å². The highest BCUT2D eigenvalue weighted by Crippen LogP contribution is 2.34. The second-order valence-electron chi connectivity index (χ2n) is 8.44. The smallest absolute Gasteiger partial charge is 0.222 e. The summed E-state index contributed by atoms with van der Waals surface area (Å²) < 4.78 is 18.7. The predicted octanol–water partition coefficient (Wildman–Crippen LogP) is 4.35. The number of aliphatic hydroxyl groups excluding tert-OH is 1. The maximum absolute atomic E-state index is 10.6. The molecule has 1 N–H and O–H groups in total. The standard InChI is InChI=1S/C26H35N3O4/c1-19(2)24(30)18-29(15-16-31-4)17-23-25(20-9-7-6-8-10-20)27-28(3)26(23)33-22-13-11-21(32-5)12-14-22/h6-14,19,24,30H,15-18H2,1-5H3/t24-/m0/s1. The Morgan fingerprint density at radius 3 is 2.27 bits per heavy atom. The van der Waals surface area contributed by atoms with Crippen molar-refractivity contribution in [2.24, 2.45) is 13.0 Å². The lowest BCUT2D eigenvalue weighted by Crippen LogP contribution is -2.36. The summed E-state index contributed by atoms with van der Waals surface area (Å²) >= 11 is 0. The molecule has 0 saturated heterocycles. The van der Waals surface area contributed by atoms with Crippen LogP contribution in [-0.4, -0.2) is 59.8 Å². The maximum Gasteiger partial charge on any atom is 0.222 e. The van der Waals surface area contributed by atoms with Gasteiger partial charge in [0.1, 0.15) is 17.2 Å². The van der Waals surface area contributed by atoms with Crippen LogP contribution < -0.4 is 9.47 Å². The number of hydrogen-bond donors (Lipinski definition) is 1. The van der Waals surface area contributed by atoms with Crippen molar-refractivity contribution in [3.63, 3.8) is 0 Å². The SMILES string of the molecule is COCCN(Cc1c(-c2ccccc2)nn(C)c1Oc1ccc(OC)cc1)C[C@H](O)C(C)C. The Bertz CT molecular complexity index is 987. The zero-order chi connectivity index (χ0) is 23.8. The molecule has 0 amide bonds. The molecule has 0 fully saturated rings. The van der Waals surface area contributed by atoms with E-state index in [9.17, 15) is 5.11 Å². The minimum Gasteiger partial charge on any atom is -0.497 e. The average molecular weight is 454 g/mol. The van der Waals surface area contributed by atoms with Crippen molar-refractivity contribution in [2.45, 2.75) is 26.5 Å². The summed E-state index contributed by atoms with van der Waals surface area (Å²) in [5, 5.41) is 15.4. The largest absolute Gasteiger partial charge is 0.497 e. The van der Waals surface area contributed by atoms with Crippen molar-refractivity contribution in [3.05, 3.63) is 60.2 Å². The van der Waals surface area contributed by atoms with Crippen LogP contribution in [0.4, 0.5) is 0 Å². The Morgan fingerprint density at radius 1 is 1.00 bits per heavy atom. The lowest BCUT2D eigenvalue weighted by Gasteiger charge is -2.27. The first-order valence-electron chi connectivity index (χ1n) is 11.3. The van der Waals surface area contributed by atoms with E-state index in [0.717, 1.165) is 22.6 Å². The summed E-state index contributed by atoms with van der Waals surface area (Å²) in [6, 6.07) is 17.6. The van der Waals surface area contributed by atoms with E-state index in [1.807, 2.05) is 75.5 Å². The van der Waals surface area contributed by atoms with E-state index in [4.69, 9.17) is 19.3 Å². The predicted molar refractivity (Wildman–Crippen MR) is 130 cm³/mol. The van der Waals surface area contributed by atoms with Crippen molar-refractivity contribution < 1.29 is 19.3 Å². The Morgan fingerprint density at radius 2 is 1.67 bits per heavy atom. The third-order valence-electron chi connectivity index (χ3n) is 5.62. The molecule has 7 heteroatoms. The first-order chi connectivity index (χ1) is 15.9. The van der Waals surface area contributed by atoms with Gasteiger partial charge in [0, 0.05) is 39.4 Å². The molecule has 1 atom stereocenters. The average Bonchev–Trinajstić information content (AvgIpc) is 3.13. The fourth-order valence-corrected chi connectivity index (χ4v) is 3.56. The second kappa shape index (κ2) is 11.8. The van der Waals surface area contributed by atoms with E-state index in [1.165, 1.54) is 0 Å². The van der Waals surface area contributed by atoms with Crippen molar-refractivity contribution in [2.75, 3.05) is 33.9 Å². The van der Waals surface area contributed by atoms with Gasteiger partial charge in [0.2, 0.25) is 5.88 Å². The van der Waals surface area contributed by atoms with E-state index in [2.05, 4.69) is 4.90 Å². The third kappa shape index (κ3) is 6.57. The lowest BCUT2D eigenvalue weighted by atomic mass is 10.1. The Hall–Kier alpha value is -2.87. The molecule has 0 aliphatic heterocycles. The molecular weight excluding hydrogens is 418 g/mol. The minimum atomic E-state index is -0.440. The van der Waals surface area contributed by atoms with Gasteiger partial charge in [0.25, 0.3) is 0 Å². The molecule has 0 aliphatic carbocycles. The van der Waals surface area contributed by atoms with E-state index >= 15 is 0 Å². The summed E-state index contributed by atoms with van der Waals surface area (Å²) in [7, 11) is 5.22. The van der Waals surface area contributed by atoms with Crippen LogP contribution in [0.3, 0.4) is 0 Å². The molecule has 7 nitrogen and oxygen atoms in total. The molecule has 3 rings (SSSR count). The van der Waals surface area contributed by atoms with Crippen molar-refractivity contribution in [1.82, 2.24) is 14.7 Å². The first kappa shape index (κ1) is 24.8. The van der Waals surface area contributed by atoms with Crippen LogP contribution in [0.25, 0.3) is 11.3 Å². The zero-order valence-corrected chi connectivity index (χ0v) is 20.2. The van der Waals surface area contributed by atoms with Gasteiger partial charge in [-0.1, -0.05) is 44.2 Å². The normalized spacial score (nSPS) is 12.4. The number of methoxy groups -OCH3 is 2. The van der Waals surface area contributed by atoms with E-state index in [1.54, 1.807) is 18.9 Å². The van der Waals surface area contributed by atoms with Gasteiger partial charge in [-0.15, -0.1) is 0 Å². The number of aliphatic hydroxyl groups is 1. The number of hydrogen-bond acceptors (Lipinski definition) is 6. The molecule has 33 heavy (non-hydrogen) atoms. The summed E-state index contributed by atoms with van der Waals surface area (Å²) in [4.78, 5) is 2.19. The van der Waals surface area contributed by atoms with Gasteiger partial charge in [-0.3, -0.25) is 4.90 Å². The number of aromatic nitrogens is 2. The van der Waals surface area contributed by atoms with Gasteiger partial charge >= 0.3 is 0 Å². The maximum atomic E-state index is 10.6. The monoisotopic (exact) mass is 453 g/mol. The molecule has 2 aromatic carbocycles. The summed E-state index contributed by atoms with van der Waals surface area (Å²) in [6.07, 6.45) is -0.440. The molecule has 1 heterocycles. The van der Waals surface area contributed by atoms with Gasteiger partial charge in [-0.05, 0) is 30.2 Å². The molecule has 178 valence electrons. The summed E-state index contributed by atoms with van der Waals surface area (Å²) in [5.41, 5.74) is 2.85. The number of benzene rings is 2. The van der Waals surface area contributed by atoms with Crippen LogP contribution in [0, 0.1) is 5.92 Å². The third-order valence-corrected chi connectivity index (χ3v) is 5.62. The fourth-order valence-electron chi connectivity index (χ4n) is 3.56. The van der Waals surface area contributed by atoms with E-state index < -0.39 is 6.10 Å². The number of ether oxygens (including phenoxy) is 3.